The van der Waals surface area contributed by atoms with Crippen LogP contribution < -0.4 is 10.6 Å². The molecule has 0 spiro atoms. The van der Waals surface area contributed by atoms with Crippen molar-refractivity contribution >= 4 is 9.24 Å². The van der Waals surface area contributed by atoms with Crippen LogP contribution in [0.15, 0.2) is 12.7 Å². The average Bonchev–Trinajstić information content (AvgIpc) is 3.19. The van der Waals surface area contributed by atoms with Crippen LogP contribution in [0.5, 0.6) is 0 Å². The first-order valence-corrected chi connectivity index (χ1v) is 17.2. The lowest BCUT2D eigenvalue weighted by atomic mass is 9.55. The van der Waals surface area contributed by atoms with Crippen LogP contribution in [0.3, 0.4) is 0 Å². The maximum Gasteiger partial charge on any atom is 0.00644 e. The van der Waals surface area contributed by atoms with Crippen LogP contribution in [-0.2, 0) is 0 Å². The summed E-state index contributed by atoms with van der Waals surface area (Å²) in [4.78, 5) is 0. The first-order valence-electron chi connectivity index (χ1n) is 16.5. The maximum absolute atomic E-state index is 3.88. The summed E-state index contributed by atoms with van der Waals surface area (Å²) in [6, 6.07) is 0.695. The lowest BCUT2D eigenvalue weighted by Crippen LogP contribution is -2.46. The molecule has 2 N–H and O–H groups in total. The van der Waals surface area contributed by atoms with Crippen molar-refractivity contribution in [2.45, 2.75) is 143 Å². The second-order valence-corrected chi connectivity index (χ2v) is 14.8. The standard InChI is InChI=1S/C34H67N2P/c1-8-10-23-35-24-11-12-25-36-29(9-2)17-14-18-32(37)33-30(27(5)6)21-22-34(7)28(19-20-31(33)34)16-13-15-26(3)4/h8,26-33,35-36H,1,9-25,37H2,2-7H3. The Labute approximate surface area is 236 Å². The minimum absolute atomic E-state index is 0.607. The first-order chi connectivity index (χ1) is 17.7. The molecule has 0 bridgehead atoms. The second-order valence-electron chi connectivity index (χ2n) is 13.9. The van der Waals surface area contributed by atoms with Gasteiger partial charge in [-0.15, -0.1) is 15.8 Å². The third kappa shape index (κ3) is 10.5. The number of unbranched alkanes of at least 4 members (excludes halogenated alkanes) is 1. The molecule has 0 saturated heterocycles. The molecule has 2 rings (SSSR count). The van der Waals surface area contributed by atoms with Crippen LogP contribution in [0.1, 0.15) is 131 Å². The van der Waals surface area contributed by atoms with E-state index in [0.717, 1.165) is 60.7 Å². The molecule has 8 unspecified atom stereocenters. The predicted molar refractivity (Wildman–Crippen MR) is 170 cm³/mol. The number of hydrogen-bond acceptors (Lipinski definition) is 2. The van der Waals surface area contributed by atoms with Crippen molar-refractivity contribution in [3.8, 4) is 0 Å². The van der Waals surface area contributed by atoms with E-state index in [1.54, 1.807) is 0 Å². The lowest BCUT2D eigenvalue weighted by Gasteiger charge is -2.52. The molecule has 37 heavy (non-hydrogen) atoms. The van der Waals surface area contributed by atoms with Crippen LogP contribution in [0.2, 0.25) is 0 Å². The van der Waals surface area contributed by atoms with Gasteiger partial charge in [0.2, 0.25) is 0 Å². The largest absolute Gasteiger partial charge is 0.316 e. The molecule has 0 aromatic rings. The number of hydrogen-bond donors (Lipinski definition) is 2. The Bertz CT molecular complexity index is 605. The maximum atomic E-state index is 3.88. The molecule has 2 aliphatic rings. The topological polar surface area (TPSA) is 24.1 Å². The summed E-state index contributed by atoms with van der Waals surface area (Å²) in [5.74, 6) is 5.47. The van der Waals surface area contributed by atoms with E-state index in [9.17, 15) is 0 Å². The van der Waals surface area contributed by atoms with Crippen LogP contribution in [0.4, 0.5) is 0 Å². The molecule has 0 aliphatic heterocycles. The van der Waals surface area contributed by atoms with Gasteiger partial charge in [0.1, 0.15) is 0 Å². The molecule has 2 saturated carbocycles. The van der Waals surface area contributed by atoms with E-state index in [4.69, 9.17) is 0 Å². The van der Waals surface area contributed by atoms with Gasteiger partial charge in [-0.2, -0.15) is 0 Å². The zero-order valence-electron chi connectivity index (χ0n) is 26.0. The molecule has 0 aromatic carbocycles. The summed E-state index contributed by atoms with van der Waals surface area (Å²) in [6.07, 6.45) is 21.3. The summed E-state index contributed by atoms with van der Waals surface area (Å²) in [5, 5.41) is 7.39. The third-order valence-corrected chi connectivity index (χ3v) is 11.4. The van der Waals surface area contributed by atoms with E-state index in [2.05, 4.69) is 68.0 Å². The third-order valence-electron chi connectivity index (χ3n) is 10.6. The predicted octanol–water partition coefficient (Wildman–Crippen LogP) is 9.26. The molecule has 0 radical (unpaired) electrons. The van der Waals surface area contributed by atoms with E-state index in [1.165, 1.54) is 90.0 Å². The zero-order chi connectivity index (χ0) is 27.3. The lowest BCUT2D eigenvalue weighted by molar-refractivity contribution is -0.00881. The number of fused-ring (bicyclic) bond motifs is 1. The molecule has 218 valence electrons. The van der Waals surface area contributed by atoms with Gasteiger partial charge >= 0.3 is 0 Å². The van der Waals surface area contributed by atoms with Gasteiger partial charge in [0.15, 0.2) is 0 Å². The molecule has 8 atom stereocenters. The highest BCUT2D eigenvalue weighted by molar-refractivity contribution is 7.17. The Morgan fingerprint density at radius 1 is 0.946 bits per heavy atom. The molecule has 3 heteroatoms. The summed E-state index contributed by atoms with van der Waals surface area (Å²) in [6.45, 7) is 22.1. The fourth-order valence-electron chi connectivity index (χ4n) is 8.23. The monoisotopic (exact) mass is 535 g/mol. The smallest absolute Gasteiger partial charge is 0.00644 e. The van der Waals surface area contributed by atoms with E-state index < -0.39 is 0 Å². The zero-order valence-corrected chi connectivity index (χ0v) is 27.2. The molecule has 2 aliphatic carbocycles. The second kappa shape index (κ2) is 17.7. The van der Waals surface area contributed by atoms with Crippen LogP contribution >= 0.6 is 9.24 Å². The van der Waals surface area contributed by atoms with Gasteiger partial charge in [-0.1, -0.05) is 66.9 Å². The van der Waals surface area contributed by atoms with Crippen molar-refractivity contribution in [1.29, 1.82) is 0 Å². The molecule has 0 aromatic heterocycles. The Balaban J connectivity index is 1.82. The van der Waals surface area contributed by atoms with Crippen LogP contribution in [-0.4, -0.2) is 31.3 Å². The van der Waals surface area contributed by atoms with Crippen molar-refractivity contribution in [3.05, 3.63) is 12.7 Å². The van der Waals surface area contributed by atoms with E-state index in [-0.39, 0.29) is 0 Å². The van der Waals surface area contributed by atoms with E-state index >= 15 is 0 Å². The number of nitrogens with one attached hydrogen (secondary N) is 2. The quantitative estimate of drug-likeness (QED) is 0.0924. The van der Waals surface area contributed by atoms with Crippen molar-refractivity contribution < 1.29 is 0 Å². The Kier molecular flexibility index (Phi) is 15.9. The molecule has 2 nitrogen and oxygen atoms in total. The summed E-state index contributed by atoms with van der Waals surface area (Å²) in [7, 11) is 3.40. The average molecular weight is 535 g/mol. The molecular formula is C34H67N2P. The number of rotatable bonds is 20. The summed E-state index contributed by atoms with van der Waals surface area (Å²) < 4.78 is 0. The summed E-state index contributed by atoms with van der Waals surface area (Å²) >= 11 is 0. The van der Waals surface area contributed by atoms with Gasteiger partial charge in [-0.05, 0) is 137 Å². The van der Waals surface area contributed by atoms with Crippen molar-refractivity contribution in [3.63, 3.8) is 0 Å². The minimum atomic E-state index is 0.607. The van der Waals surface area contributed by atoms with Gasteiger partial charge in [0.25, 0.3) is 0 Å². The molecular weight excluding hydrogens is 467 g/mol. The van der Waals surface area contributed by atoms with E-state index in [0.29, 0.717) is 11.5 Å². The highest BCUT2D eigenvalue weighted by Gasteiger charge is 2.54. The van der Waals surface area contributed by atoms with Crippen LogP contribution in [0, 0.1) is 40.9 Å². The van der Waals surface area contributed by atoms with Gasteiger partial charge in [0.05, 0.1) is 0 Å². The minimum Gasteiger partial charge on any atom is -0.316 e. The Morgan fingerprint density at radius 3 is 2.38 bits per heavy atom. The first kappa shape index (κ1) is 33.3. The normalized spacial score (nSPS) is 29.5. The molecule has 2 fully saturated rings. The Morgan fingerprint density at radius 2 is 1.70 bits per heavy atom. The highest BCUT2D eigenvalue weighted by atomic mass is 31.0. The Hall–Kier alpha value is 0.0900. The van der Waals surface area contributed by atoms with Crippen LogP contribution in [0.25, 0.3) is 0 Å². The fourth-order valence-corrected chi connectivity index (χ4v) is 9.02. The fraction of sp³-hybridized carbons (Fsp3) is 0.941. The molecule has 0 heterocycles. The van der Waals surface area contributed by atoms with Crippen molar-refractivity contribution in [2.24, 2.45) is 40.9 Å². The van der Waals surface area contributed by atoms with Gasteiger partial charge in [-0.25, -0.2) is 0 Å². The van der Waals surface area contributed by atoms with Crippen molar-refractivity contribution in [1.82, 2.24) is 10.6 Å². The van der Waals surface area contributed by atoms with Crippen molar-refractivity contribution in [2.75, 3.05) is 19.6 Å². The highest BCUT2D eigenvalue weighted by Crippen LogP contribution is 2.62. The molecule has 0 amide bonds. The van der Waals surface area contributed by atoms with Gasteiger partial charge < -0.3 is 10.6 Å². The summed E-state index contributed by atoms with van der Waals surface area (Å²) in [5.41, 5.74) is 1.40. The van der Waals surface area contributed by atoms with E-state index in [1.807, 2.05) is 6.08 Å². The van der Waals surface area contributed by atoms with Gasteiger partial charge in [-0.3, -0.25) is 0 Å². The van der Waals surface area contributed by atoms with Gasteiger partial charge in [0, 0.05) is 6.04 Å². The SMILES string of the molecule is C=CCCNCCCCNC(CC)CCCC(P)C1C(C(C)C)CCC2(C)C(CCCC(C)C)CCC12.